The second kappa shape index (κ2) is 5.08. The summed E-state index contributed by atoms with van der Waals surface area (Å²) < 4.78 is 1.03. The second-order valence-corrected chi connectivity index (χ2v) is 5.14. The minimum Gasteiger partial charge on any atom is -0.339 e. The number of aromatic nitrogens is 1. The molecule has 0 fully saturated rings. The molecule has 1 N–H and O–H groups in total. The van der Waals surface area contributed by atoms with Gasteiger partial charge in [-0.2, -0.15) is 0 Å². The number of para-hydroxylation sites is 1. The van der Waals surface area contributed by atoms with Crippen molar-refractivity contribution in [3.8, 4) is 0 Å². The molecule has 0 saturated heterocycles. The van der Waals surface area contributed by atoms with Crippen LogP contribution < -0.4 is 10.2 Å². The number of halogens is 1. The quantitative estimate of drug-likeness (QED) is 0.877. The molecule has 0 saturated carbocycles. The van der Waals surface area contributed by atoms with Gasteiger partial charge in [0.25, 0.3) is 0 Å². The maximum absolute atomic E-state index is 4.13. The average Bonchev–Trinajstić information content (AvgIpc) is 2.62. The van der Waals surface area contributed by atoms with E-state index in [-0.39, 0.29) is 0 Å². The third-order valence-electron chi connectivity index (χ3n) is 3.15. The standard InChI is InChI=1S/C14H14BrN3/c15-12-10-16-6-5-14(12)18-8-7-17-9-11-3-1-2-4-13(11)18/h1-6,10,17H,7-9H2. The summed E-state index contributed by atoms with van der Waals surface area (Å²) in [5.74, 6) is 0. The molecule has 1 aromatic heterocycles. The van der Waals surface area contributed by atoms with Gasteiger partial charge in [0.15, 0.2) is 0 Å². The molecule has 1 aliphatic rings. The van der Waals surface area contributed by atoms with E-state index in [0.29, 0.717) is 0 Å². The Hall–Kier alpha value is -1.39. The summed E-state index contributed by atoms with van der Waals surface area (Å²) >= 11 is 3.58. The Bertz CT molecular complexity index is 556. The Labute approximate surface area is 115 Å². The van der Waals surface area contributed by atoms with E-state index in [1.165, 1.54) is 16.9 Å². The van der Waals surface area contributed by atoms with Crippen molar-refractivity contribution in [2.75, 3.05) is 18.0 Å². The summed E-state index contributed by atoms with van der Waals surface area (Å²) in [5, 5.41) is 3.45. The molecule has 3 nitrogen and oxygen atoms in total. The Morgan fingerprint density at radius 2 is 2.06 bits per heavy atom. The summed E-state index contributed by atoms with van der Waals surface area (Å²) in [4.78, 5) is 6.46. The molecule has 0 unspecified atom stereocenters. The minimum absolute atomic E-state index is 0.926. The molecule has 2 heterocycles. The molecule has 0 aliphatic carbocycles. The number of hydrogen-bond acceptors (Lipinski definition) is 3. The van der Waals surface area contributed by atoms with E-state index in [4.69, 9.17) is 0 Å². The van der Waals surface area contributed by atoms with Crippen LogP contribution in [0.5, 0.6) is 0 Å². The zero-order valence-electron chi connectivity index (χ0n) is 9.94. The van der Waals surface area contributed by atoms with Crippen molar-refractivity contribution in [2.45, 2.75) is 6.54 Å². The summed E-state index contributed by atoms with van der Waals surface area (Å²) in [6.45, 7) is 2.86. The van der Waals surface area contributed by atoms with Crippen LogP contribution in [0.25, 0.3) is 0 Å². The Kier molecular flexibility index (Phi) is 3.30. The van der Waals surface area contributed by atoms with Gasteiger partial charge in [0.05, 0.1) is 10.2 Å². The van der Waals surface area contributed by atoms with Gasteiger partial charge in [-0.3, -0.25) is 4.98 Å². The highest BCUT2D eigenvalue weighted by atomic mass is 79.9. The van der Waals surface area contributed by atoms with Crippen LogP contribution in [0.4, 0.5) is 11.4 Å². The third-order valence-corrected chi connectivity index (χ3v) is 3.76. The maximum Gasteiger partial charge on any atom is 0.0595 e. The first kappa shape index (κ1) is 11.7. The Morgan fingerprint density at radius 3 is 2.94 bits per heavy atom. The molecule has 18 heavy (non-hydrogen) atoms. The lowest BCUT2D eigenvalue weighted by molar-refractivity contribution is 0.712. The molecule has 92 valence electrons. The predicted octanol–water partition coefficient (Wildman–Crippen LogP) is 3.09. The Morgan fingerprint density at radius 1 is 1.17 bits per heavy atom. The van der Waals surface area contributed by atoms with Crippen LogP contribution in [0, 0.1) is 0 Å². The fraction of sp³-hybridized carbons (Fsp3) is 0.214. The van der Waals surface area contributed by atoms with E-state index < -0.39 is 0 Å². The summed E-state index contributed by atoms with van der Waals surface area (Å²) in [5.41, 5.74) is 3.77. The highest BCUT2D eigenvalue weighted by molar-refractivity contribution is 9.10. The van der Waals surface area contributed by atoms with Crippen molar-refractivity contribution in [2.24, 2.45) is 0 Å². The molecule has 0 spiro atoms. The van der Waals surface area contributed by atoms with E-state index in [9.17, 15) is 0 Å². The molecule has 0 atom stereocenters. The van der Waals surface area contributed by atoms with Crippen LogP contribution in [0.1, 0.15) is 5.56 Å². The lowest BCUT2D eigenvalue weighted by Gasteiger charge is -2.25. The van der Waals surface area contributed by atoms with Gasteiger partial charge in [-0.25, -0.2) is 0 Å². The zero-order valence-corrected chi connectivity index (χ0v) is 11.5. The predicted molar refractivity (Wildman–Crippen MR) is 77.1 cm³/mol. The molecular weight excluding hydrogens is 290 g/mol. The van der Waals surface area contributed by atoms with Gasteiger partial charge >= 0.3 is 0 Å². The lowest BCUT2D eigenvalue weighted by Crippen LogP contribution is -2.24. The first-order valence-corrected chi connectivity index (χ1v) is 6.81. The average molecular weight is 304 g/mol. The minimum atomic E-state index is 0.926. The highest BCUT2D eigenvalue weighted by Crippen LogP contribution is 2.33. The molecule has 1 aliphatic heterocycles. The fourth-order valence-electron chi connectivity index (χ4n) is 2.29. The number of nitrogens with one attached hydrogen (secondary N) is 1. The third kappa shape index (κ3) is 2.13. The van der Waals surface area contributed by atoms with Gasteiger partial charge in [-0.1, -0.05) is 18.2 Å². The van der Waals surface area contributed by atoms with E-state index in [1.54, 1.807) is 0 Å². The van der Waals surface area contributed by atoms with E-state index in [2.05, 4.69) is 55.4 Å². The SMILES string of the molecule is Brc1cnccc1N1CCNCc2ccccc21. The summed E-state index contributed by atoms with van der Waals surface area (Å²) in [6.07, 6.45) is 3.68. The van der Waals surface area contributed by atoms with Crippen molar-refractivity contribution >= 4 is 27.3 Å². The number of nitrogens with zero attached hydrogens (tertiary/aromatic N) is 2. The van der Waals surface area contributed by atoms with Crippen LogP contribution in [0.2, 0.25) is 0 Å². The van der Waals surface area contributed by atoms with E-state index >= 15 is 0 Å². The summed E-state index contributed by atoms with van der Waals surface area (Å²) in [7, 11) is 0. The van der Waals surface area contributed by atoms with Crippen molar-refractivity contribution < 1.29 is 0 Å². The monoisotopic (exact) mass is 303 g/mol. The topological polar surface area (TPSA) is 28.2 Å². The molecule has 0 amide bonds. The molecule has 3 rings (SSSR count). The van der Waals surface area contributed by atoms with E-state index in [0.717, 1.165) is 24.1 Å². The van der Waals surface area contributed by atoms with Gasteiger partial charge in [-0.15, -0.1) is 0 Å². The van der Waals surface area contributed by atoms with E-state index in [1.807, 2.05) is 18.5 Å². The van der Waals surface area contributed by atoms with Crippen LogP contribution in [0.3, 0.4) is 0 Å². The van der Waals surface area contributed by atoms with Gasteiger partial charge in [0.1, 0.15) is 0 Å². The molecule has 1 aromatic carbocycles. The van der Waals surface area contributed by atoms with Crippen molar-refractivity contribution in [3.63, 3.8) is 0 Å². The van der Waals surface area contributed by atoms with Crippen molar-refractivity contribution in [1.29, 1.82) is 0 Å². The fourth-order valence-corrected chi connectivity index (χ4v) is 2.76. The first-order valence-electron chi connectivity index (χ1n) is 6.02. The molecule has 0 bridgehead atoms. The lowest BCUT2D eigenvalue weighted by atomic mass is 10.1. The second-order valence-electron chi connectivity index (χ2n) is 4.28. The Balaban J connectivity index is 2.10. The van der Waals surface area contributed by atoms with Crippen LogP contribution in [0.15, 0.2) is 47.2 Å². The number of fused-ring (bicyclic) bond motifs is 1. The normalized spacial score (nSPS) is 15.1. The largest absolute Gasteiger partial charge is 0.339 e. The smallest absolute Gasteiger partial charge is 0.0595 e. The van der Waals surface area contributed by atoms with Gasteiger partial charge in [0, 0.05) is 37.7 Å². The molecular formula is C14H14BrN3. The first-order chi connectivity index (χ1) is 8.86. The van der Waals surface area contributed by atoms with Gasteiger partial charge in [-0.05, 0) is 33.6 Å². The van der Waals surface area contributed by atoms with Gasteiger partial charge < -0.3 is 10.2 Å². The zero-order chi connectivity index (χ0) is 12.4. The van der Waals surface area contributed by atoms with Crippen LogP contribution >= 0.6 is 15.9 Å². The van der Waals surface area contributed by atoms with Crippen molar-refractivity contribution in [1.82, 2.24) is 10.3 Å². The number of rotatable bonds is 1. The highest BCUT2D eigenvalue weighted by Gasteiger charge is 2.17. The van der Waals surface area contributed by atoms with Crippen molar-refractivity contribution in [3.05, 3.63) is 52.8 Å². The molecule has 2 aromatic rings. The molecule has 0 radical (unpaired) electrons. The summed E-state index contributed by atoms with van der Waals surface area (Å²) in [6, 6.07) is 10.6. The van der Waals surface area contributed by atoms with Crippen LogP contribution in [-0.2, 0) is 6.54 Å². The van der Waals surface area contributed by atoms with Crippen LogP contribution in [-0.4, -0.2) is 18.1 Å². The number of benzene rings is 1. The maximum atomic E-state index is 4.13. The number of hydrogen-bond donors (Lipinski definition) is 1. The number of pyridine rings is 1. The number of anilines is 2. The molecule has 4 heteroatoms. The van der Waals surface area contributed by atoms with Gasteiger partial charge in [0.2, 0.25) is 0 Å².